The zero-order chi connectivity index (χ0) is 18.1. The van der Waals surface area contributed by atoms with E-state index in [0.29, 0.717) is 30.8 Å². The van der Waals surface area contributed by atoms with Crippen molar-refractivity contribution in [1.82, 2.24) is 10.2 Å². The molecule has 1 aromatic heterocycles. The Kier molecular flexibility index (Phi) is 4.46. The third-order valence-electron chi connectivity index (χ3n) is 4.83. The topological polar surface area (TPSA) is 69.7 Å². The van der Waals surface area contributed by atoms with E-state index in [9.17, 15) is 14.4 Å². The van der Waals surface area contributed by atoms with E-state index in [4.69, 9.17) is 0 Å². The number of fused-ring (bicyclic) bond motifs is 2. The van der Waals surface area contributed by atoms with E-state index in [0.717, 1.165) is 11.3 Å². The molecule has 2 aliphatic rings. The first-order valence-electron chi connectivity index (χ1n) is 8.65. The van der Waals surface area contributed by atoms with Gasteiger partial charge in [0.05, 0.1) is 17.8 Å². The van der Waals surface area contributed by atoms with Gasteiger partial charge < -0.3 is 15.1 Å². The second kappa shape index (κ2) is 6.92. The number of nitrogens with one attached hydrogen (secondary N) is 1. The number of hydrogen-bond donors (Lipinski definition) is 1. The number of carbonyl (C=O) groups is 3. The first kappa shape index (κ1) is 16.8. The molecule has 1 N–H and O–H groups in total. The summed E-state index contributed by atoms with van der Waals surface area (Å²) in [6, 6.07) is 10.4. The molecule has 3 heterocycles. The van der Waals surface area contributed by atoms with Gasteiger partial charge in [0.2, 0.25) is 11.8 Å². The molecule has 2 aliphatic heterocycles. The van der Waals surface area contributed by atoms with Crippen molar-refractivity contribution < 1.29 is 14.4 Å². The number of para-hydroxylation sites is 1. The number of nitrogens with zero attached hydrogens (tertiary/aromatic N) is 2. The maximum absolute atomic E-state index is 13.1. The van der Waals surface area contributed by atoms with Crippen LogP contribution >= 0.6 is 11.3 Å². The van der Waals surface area contributed by atoms with Crippen LogP contribution in [0.1, 0.15) is 28.1 Å². The number of hydrogen-bond acceptors (Lipinski definition) is 4. The quantitative estimate of drug-likeness (QED) is 0.896. The maximum Gasteiger partial charge on any atom is 0.256 e. The Morgan fingerprint density at radius 3 is 2.85 bits per heavy atom. The van der Waals surface area contributed by atoms with Gasteiger partial charge in [-0.3, -0.25) is 14.4 Å². The van der Waals surface area contributed by atoms with E-state index in [2.05, 4.69) is 5.32 Å². The molecule has 0 spiro atoms. The summed E-state index contributed by atoms with van der Waals surface area (Å²) >= 11 is 1.57. The minimum absolute atomic E-state index is 0.0845. The minimum Gasteiger partial charge on any atom is -0.350 e. The third kappa shape index (κ3) is 2.99. The molecule has 6 nitrogen and oxygen atoms in total. The average Bonchev–Trinajstić information content (AvgIpc) is 3.33. The summed E-state index contributed by atoms with van der Waals surface area (Å²) in [4.78, 5) is 42.5. The van der Waals surface area contributed by atoms with Gasteiger partial charge in [-0.05, 0) is 36.4 Å². The van der Waals surface area contributed by atoms with E-state index < -0.39 is 6.04 Å². The molecule has 0 bridgehead atoms. The van der Waals surface area contributed by atoms with E-state index in [1.54, 1.807) is 40.5 Å². The lowest BCUT2D eigenvalue weighted by Gasteiger charge is -2.25. The average molecular weight is 369 g/mol. The molecule has 2 aromatic rings. The molecule has 1 fully saturated rings. The first-order chi connectivity index (χ1) is 12.6. The highest BCUT2D eigenvalue weighted by atomic mass is 32.1. The lowest BCUT2D eigenvalue weighted by Crippen LogP contribution is -2.48. The Hall–Kier alpha value is -2.67. The summed E-state index contributed by atoms with van der Waals surface area (Å²) in [6.45, 7) is 0.940. The number of carbonyl (C=O) groups excluding carboxylic acids is 3. The Labute approximate surface area is 155 Å². The van der Waals surface area contributed by atoms with Gasteiger partial charge in [0.15, 0.2) is 0 Å². The van der Waals surface area contributed by atoms with Gasteiger partial charge in [-0.2, -0.15) is 0 Å². The molecule has 1 atom stereocenters. The Balaban J connectivity index is 1.58. The highest BCUT2D eigenvalue weighted by Crippen LogP contribution is 2.32. The van der Waals surface area contributed by atoms with Crippen molar-refractivity contribution in [3.05, 3.63) is 52.2 Å². The molecule has 7 heteroatoms. The summed E-state index contributed by atoms with van der Waals surface area (Å²) in [6.07, 6.45) is 1.45. The van der Waals surface area contributed by atoms with Crippen LogP contribution in [-0.4, -0.2) is 41.8 Å². The second-order valence-corrected chi connectivity index (χ2v) is 7.49. The van der Waals surface area contributed by atoms with Crippen molar-refractivity contribution in [3.8, 4) is 0 Å². The predicted octanol–water partition coefficient (Wildman–Crippen LogP) is 2.02. The molecule has 1 aromatic carbocycles. The smallest absolute Gasteiger partial charge is 0.256 e. The second-order valence-electron chi connectivity index (χ2n) is 6.45. The highest BCUT2D eigenvalue weighted by molar-refractivity contribution is 7.09. The third-order valence-corrected chi connectivity index (χ3v) is 5.71. The van der Waals surface area contributed by atoms with Gasteiger partial charge in [0, 0.05) is 11.4 Å². The van der Waals surface area contributed by atoms with Gasteiger partial charge in [0.1, 0.15) is 12.6 Å². The fourth-order valence-corrected chi connectivity index (χ4v) is 4.22. The SMILES string of the molecule is O=C(CN1C(=O)[C@@H]2CCCN2C(=O)c2ccccc21)NCc1cccs1. The number of benzene rings is 1. The lowest BCUT2D eigenvalue weighted by molar-refractivity contribution is -0.125. The minimum atomic E-state index is -0.472. The van der Waals surface area contributed by atoms with Crippen molar-refractivity contribution in [1.29, 1.82) is 0 Å². The molecule has 0 radical (unpaired) electrons. The zero-order valence-electron chi connectivity index (χ0n) is 14.2. The summed E-state index contributed by atoms with van der Waals surface area (Å²) in [5.41, 5.74) is 1.000. The van der Waals surface area contributed by atoms with E-state index >= 15 is 0 Å². The van der Waals surface area contributed by atoms with E-state index in [-0.39, 0.29) is 24.3 Å². The van der Waals surface area contributed by atoms with Crippen LogP contribution in [0.5, 0.6) is 0 Å². The molecule has 3 amide bonds. The van der Waals surface area contributed by atoms with Crippen LogP contribution in [0.15, 0.2) is 41.8 Å². The largest absolute Gasteiger partial charge is 0.350 e. The Morgan fingerprint density at radius 2 is 2.04 bits per heavy atom. The van der Waals surface area contributed by atoms with Crippen LogP contribution < -0.4 is 10.2 Å². The number of rotatable bonds is 4. The van der Waals surface area contributed by atoms with Crippen molar-refractivity contribution in [2.24, 2.45) is 0 Å². The van der Waals surface area contributed by atoms with Gasteiger partial charge in [0.25, 0.3) is 5.91 Å². The monoisotopic (exact) mass is 369 g/mol. The van der Waals surface area contributed by atoms with Gasteiger partial charge in [-0.1, -0.05) is 18.2 Å². The Morgan fingerprint density at radius 1 is 1.19 bits per heavy atom. The number of amides is 3. The number of thiophene rings is 1. The van der Waals surface area contributed by atoms with Crippen LogP contribution in [0.3, 0.4) is 0 Å². The molecule has 134 valence electrons. The normalized spacial score (nSPS) is 19.2. The van der Waals surface area contributed by atoms with Crippen molar-refractivity contribution >= 4 is 34.7 Å². The molecule has 0 aliphatic carbocycles. The highest BCUT2D eigenvalue weighted by Gasteiger charge is 2.42. The zero-order valence-corrected chi connectivity index (χ0v) is 15.0. The summed E-state index contributed by atoms with van der Waals surface area (Å²) in [5.74, 6) is -0.537. The van der Waals surface area contributed by atoms with E-state index in [1.807, 2.05) is 17.5 Å². The van der Waals surface area contributed by atoms with Crippen LogP contribution in [0.2, 0.25) is 0 Å². The molecular formula is C19H19N3O3S. The van der Waals surface area contributed by atoms with Crippen molar-refractivity contribution in [2.45, 2.75) is 25.4 Å². The molecular weight excluding hydrogens is 350 g/mol. The molecule has 1 saturated heterocycles. The fourth-order valence-electron chi connectivity index (χ4n) is 3.57. The van der Waals surface area contributed by atoms with Crippen molar-refractivity contribution in [3.63, 3.8) is 0 Å². The summed E-state index contributed by atoms with van der Waals surface area (Å²) in [7, 11) is 0. The Bertz CT molecular complexity index is 849. The summed E-state index contributed by atoms with van der Waals surface area (Å²) < 4.78 is 0. The lowest BCUT2D eigenvalue weighted by atomic mass is 10.1. The van der Waals surface area contributed by atoms with Crippen LogP contribution in [-0.2, 0) is 16.1 Å². The van der Waals surface area contributed by atoms with E-state index in [1.165, 1.54) is 4.90 Å². The van der Waals surface area contributed by atoms with Gasteiger partial charge in [-0.15, -0.1) is 11.3 Å². The molecule has 26 heavy (non-hydrogen) atoms. The van der Waals surface area contributed by atoms with Gasteiger partial charge in [-0.25, -0.2) is 0 Å². The van der Waals surface area contributed by atoms with Crippen LogP contribution in [0, 0.1) is 0 Å². The summed E-state index contributed by atoms with van der Waals surface area (Å²) in [5, 5.41) is 4.81. The number of anilines is 1. The maximum atomic E-state index is 13.1. The van der Waals surface area contributed by atoms with Crippen LogP contribution in [0.25, 0.3) is 0 Å². The predicted molar refractivity (Wildman–Crippen MR) is 99.0 cm³/mol. The van der Waals surface area contributed by atoms with Crippen LogP contribution in [0.4, 0.5) is 5.69 Å². The standard InChI is InChI=1S/C19H19N3O3S/c23-17(20-11-13-5-4-10-26-13)12-22-15-7-2-1-6-14(15)18(24)21-9-3-8-16(21)19(22)25/h1-2,4-7,10,16H,3,8-9,11-12H2,(H,20,23)/t16-/m0/s1. The molecule has 4 rings (SSSR count). The molecule has 0 unspecified atom stereocenters. The van der Waals surface area contributed by atoms with Gasteiger partial charge >= 0.3 is 0 Å². The first-order valence-corrected chi connectivity index (χ1v) is 9.53. The molecule has 0 saturated carbocycles. The fraction of sp³-hybridized carbons (Fsp3) is 0.316. The van der Waals surface area contributed by atoms with Crippen molar-refractivity contribution in [2.75, 3.05) is 18.0 Å².